The van der Waals surface area contributed by atoms with Crippen molar-refractivity contribution < 1.29 is 14.1 Å². The maximum Gasteiger partial charge on any atom is 0.273 e. The number of aromatic nitrogens is 3. The second kappa shape index (κ2) is 8.15. The molecule has 27 heavy (non-hydrogen) atoms. The summed E-state index contributed by atoms with van der Waals surface area (Å²) in [5.41, 5.74) is 2.96. The molecule has 8 heteroatoms. The lowest BCUT2D eigenvalue weighted by atomic mass is 10.1. The number of carbonyl (C=O) groups is 1. The number of ether oxygens (including phenoxy) is 1. The molecule has 1 saturated heterocycles. The molecule has 2 N–H and O–H groups in total. The third-order valence-electron chi connectivity index (χ3n) is 4.41. The summed E-state index contributed by atoms with van der Waals surface area (Å²) in [7, 11) is 0. The number of amides is 1. The van der Waals surface area contributed by atoms with Crippen molar-refractivity contribution in [2.24, 2.45) is 0 Å². The lowest BCUT2D eigenvalue weighted by molar-refractivity contribution is 0.0305. The smallest absolute Gasteiger partial charge is 0.273 e. The highest BCUT2D eigenvalue weighted by Crippen LogP contribution is 2.17. The summed E-state index contributed by atoms with van der Waals surface area (Å²) in [6.45, 7) is 4.11. The number of hydrogen-bond acceptors (Lipinski definition) is 6. The van der Waals surface area contributed by atoms with E-state index in [4.69, 9.17) is 9.26 Å². The van der Waals surface area contributed by atoms with Crippen LogP contribution >= 0.6 is 0 Å². The summed E-state index contributed by atoms with van der Waals surface area (Å²) in [6.07, 6.45) is 0. The number of hydrogen-bond donors (Lipinski definition) is 2. The fraction of sp³-hybridized carbons (Fsp3) is 0.316. The van der Waals surface area contributed by atoms with Gasteiger partial charge in [0.1, 0.15) is 0 Å². The van der Waals surface area contributed by atoms with Gasteiger partial charge in [0.2, 0.25) is 0 Å². The molecule has 1 aliphatic rings. The molecule has 2 aromatic heterocycles. The predicted octanol–water partition coefficient (Wildman–Crippen LogP) is 1.83. The highest BCUT2D eigenvalue weighted by Gasteiger charge is 2.17. The Hall–Kier alpha value is -2.97. The Bertz CT molecular complexity index is 884. The fourth-order valence-electron chi connectivity index (χ4n) is 2.95. The van der Waals surface area contributed by atoms with Gasteiger partial charge >= 0.3 is 0 Å². The van der Waals surface area contributed by atoms with Crippen molar-refractivity contribution in [1.29, 1.82) is 0 Å². The molecule has 3 heterocycles. The van der Waals surface area contributed by atoms with Crippen molar-refractivity contribution in [3.05, 3.63) is 59.6 Å². The minimum atomic E-state index is -0.275. The van der Waals surface area contributed by atoms with E-state index < -0.39 is 0 Å². The lowest BCUT2D eigenvalue weighted by Crippen LogP contribution is -2.35. The first-order chi connectivity index (χ1) is 13.3. The van der Waals surface area contributed by atoms with Crippen LogP contribution in [0.25, 0.3) is 11.3 Å². The van der Waals surface area contributed by atoms with Crippen LogP contribution in [0.4, 0.5) is 0 Å². The third-order valence-corrected chi connectivity index (χ3v) is 4.41. The minimum Gasteiger partial charge on any atom is -0.379 e. The van der Waals surface area contributed by atoms with Crippen LogP contribution in [-0.2, 0) is 17.8 Å². The molecule has 1 fully saturated rings. The molecule has 1 amide bonds. The van der Waals surface area contributed by atoms with E-state index >= 15 is 0 Å². The summed E-state index contributed by atoms with van der Waals surface area (Å²) in [4.78, 5) is 14.5. The molecule has 140 valence electrons. The van der Waals surface area contributed by atoms with Crippen LogP contribution < -0.4 is 5.32 Å². The topological polar surface area (TPSA) is 96.3 Å². The average Bonchev–Trinajstić information content (AvgIpc) is 3.37. The Balaban J connectivity index is 1.31. The monoisotopic (exact) mass is 367 g/mol. The maximum atomic E-state index is 12.3. The van der Waals surface area contributed by atoms with Crippen molar-refractivity contribution in [1.82, 2.24) is 25.6 Å². The second-order valence-electron chi connectivity index (χ2n) is 6.39. The fourth-order valence-corrected chi connectivity index (χ4v) is 2.95. The standard InChI is InChI=1S/C19H21N5O3/c25-19(18-11-16(27-23-18)13-24-6-8-26-9-7-24)20-12-15-10-17(22-21-15)14-4-2-1-3-5-14/h1-5,10-11H,6-9,12-13H2,(H,20,25)(H,21,22). The molecular weight excluding hydrogens is 346 g/mol. The predicted molar refractivity (Wildman–Crippen MR) is 97.8 cm³/mol. The number of morpholine rings is 1. The van der Waals surface area contributed by atoms with Gasteiger partial charge in [-0.2, -0.15) is 5.10 Å². The van der Waals surface area contributed by atoms with E-state index in [1.54, 1.807) is 6.07 Å². The van der Waals surface area contributed by atoms with Crippen molar-refractivity contribution in [3.63, 3.8) is 0 Å². The summed E-state index contributed by atoms with van der Waals surface area (Å²) in [5, 5.41) is 13.9. The van der Waals surface area contributed by atoms with Crippen LogP contribution in [-0.4, -0.2) is 52.5 Å². The van der Waals surface area contributed by atoms with Crippen LogP contribution in [0.3, 0.4) is 0 Å². The number of rotatable bonds is 6. The molecule has 0 saturated carbocycles. The first-order valence-electron chi connectivity index (χ1n) is 8.91. The molecule has 8 nitrogen and oxygen atoms in total. The molecule has 0 radical (unpaired) electrons. The zero-order chi connectivity index (χ0) is 18.5. The molecule has 0 spiro atoms. The zero-order valence-electron chi connectivity index (χ0n) is 14.9. The number of nitrogens with zero attached hydrogens (tertiary/aromatic N) is 3. The van der Waals surface area contributed by atoms with Gasteiger partial charge in [-0.15, -0.1) is 0 Å². The van der Waals surface area contributed by atoms with E-state index in [2.05, 4.69) is 25.6 Å². The van der Waals surface area contributed by atoms with E-state index in [0.29, 0.717) is 18.8 Å². The Kier molecular flexibility index (Phi) is 5.27. The summed E-state index contributed by atoms with van der Waals surface area (Å²) >= 11 is 0. The normalized spacial score (nSPS) is 15.0. The summed E-state index contributed by atoms with van der Waals surface area (Å²) in [6, 6.07) is 13.5. The molecule has 4 rings (SSSR count). The largest absolute Gasteiger partial charge is 0.379 e. The van der Waals surface area contributed by atoms with Gasteiger partial charge in [-0.25, -0.2) is 0 Å². The molecular formula is C19H21N5O3. The second-order valence-corrected chi connectivity index (χ2v) is 6.39. The van der Waals surface area contributed by atoms with E-state index in [9.17, 15) is 4.79 Å². The number of nitrogens with one attached hydrogen (secondary N) is 2. The first-order valence-corrected chi connectivity index (χ1v) is 8.91. The van der Waals surface area contributed by atoms with Gasteiger partial charge < -0.3 is 14.6 Å². The molecule has 1 aromatic carbocycles. The Morgan fingerprint density at radius 1 is 1.19 bits per heavy atom. The lowest BCUT2D eigenvalue weighted by Gasteiger charge is -2.25. The number of H-pyrrole nitrogens is 1. The van der Waals surface area contributed by atoms with Crippen LogP contribution in [0.2, 0.25) is 0 Å². The summed E-state index contributed by atoms with van der Waals surface area (Å²) < 4.78 is 10.6. The average molecular weight is 367 g/mol. The van der Waals surface area contributed by atoms with Gasteiger partial charge in [-0.3, -0.25) is 14.8 Å². The van der Waals surface area contributed by atoms with Gasteiger partial charge in [0, 0.05) is 24.7 Å². The van der Waals surface area contributed by atoms with Crippen molar-refractivity contribution >= 4 is 5.91 Å². The molecule has 0 unspecified atom stereocenters. The molecule has 1 aliphatic heterocycles. The van der Waals surface area contributed by atoms with Crippen molar-refractivity contribution in [2.75, 3.05) is 26.3 Å². The Morgan fingerprint density at radius 2 is 2.00 bits per heavy atom. The number of carbonyl (C=O) groups excluding carboxylic acids is 1. The van der Waals surface area contributed by atoms with Crippen molar-refractivity contribution in [2.45, 2.75) is 13.1 Å². The number of aromatic amines is 1. The van der Waals surface area contributed by atoms with Gasteiger partial charge in [0.05, 0.1) is 37.7 Å². The summed E-state index contributed by atoms with van der Waals surface area (Å²) in [5.74, 6) is 0.401. The Morgan fingerprint density at radius 3 is 2.81 bits per heavy atom. The first kappa shape index (κ1) is 17.4. The van der Waals surface area contributed by atoms with Gasteiger partial charge in [0.15, 0.2) is 11.5 Å². The zero-order valence-corrected chi connectivity index (χ0v) is 14.9. The molecule has 0 aliphatic carbocycles. The van der Waals surface area contributed by atoms with Gasteiger partial charge in [0.25, 0.3) is 5.91 Å². The van der Waals surface area contributed by atoms with E-state index in [-0.39, 0.29) is 11.6 Å². The van der Waals surface area contributed by atoms with Gasteiger partial charge in [-0.05, 0) is 6.07 Å². The molecule has 0 bridgehead atoms. The van der Waals surface area contributed by atoms with Crippen LogP contribution in [0.1, 0.15) is 21.9 Å². The Labute approximate surface area is 156 Å². The van der Waals surface area contributed by atoms with E-state index in [1.807, 2.05) is 36.4 Å². The maximum absolute atomic E-state index is 12.3. The quantitative estimate of drug-likeness (QED) is 0.690. The number of benzene rings is 1. The highest BCUT2D eigenvalue weighted by molar-refractivity contribution is 5.92. The van der Waals surface area contributed by atoms with Crippen LogP contribution in [0, 0.1) is 0 Å². The van der Waals surface area contributed by atoms with Crippen molar-refractivity contribution in [3.8, 4) is 11.3 Å². The van der Waals surface area contributed by atoms with E-state index in [1.165, 1.54) is 0 Å². The molecule has 3 aromatic rings. The van der Waals surface area contributed by atoms with Gasteiger partial charge in [-0.1, -0.05) is 35.5 Å². The van der Waals surface area contributed by atoms with E-state index in [0.717, 1.165) is 43.3 Å². The van der Waals surface area contributed by atoms with Crippen LogP contribution in [0.15, 0.2) is 47.0 Å². The highest BCUT2D eigenvalue weighted by atomic mass is 16.5. The SMILES string of the molecule is O=C(NCc1cc(-c2ccccc2)n[nH]1)c1cc(CN2CCOCC2)on1. The molecule has 0 atom stereocenters. The van der Waals surface area contributed by atoms with Crippen LogP contribution in [0.5, 0.6) is 0 Å². The third kappa shape index (κ3) is 4.42. The minimum absolute atomic E-state index is 0.275.